The van der Waals surface area contributed by atoms with Gasteiger partial charge >= 0.3 is 0 Å². The molecule has 1 amide bonds. The van der Waals surface area contributed by atoms with Gasteiger partial charge in [-0.2, -0.15) is 5.10 Å². The number of fused-ring (bicyclic) bond motifs is 3. The minimum absolute atomic E-state index is 0.0275. The Labute approximate surface area is 175 Å². The second-order valence-corrected chi connectivity index (χ2v) is 7.49. The van der Waals surface area contributed by atoms with Crippen LogP contribution in [0.4, 0.5) is 5.82 Å². The smallest absolute Gasteiger partial charge is 0.248 e. The molecule has 0 aliphatic carbocycles. The molecule has 1 unspecified atom stereocenters. The predicted octanol–water partition coefficient (Wildman–Crippen LogP) is 2.38. The lowest BCUT2D eigenvalue weighted by molar-refractivity contribution is 0.1000. The number of rotatable bonds is 8. The van der Waals surface area contributed by atoms with Gasteiger partial charge in [0.2, 0.25) is 5.91 Å². The maximum Gasteiger partial charge on any atom is 0.248 e. The molecule has 2 aromatic heterocycles. The Morgan fingerprint density at radius 1 is 1.37 bits per heavy atom. The molecule has 0 saturated heterocycles. The summed E-state index contributed by atoms with van der Waals surface area (Å²) in [5.41, 5.74) is 9.06. The summed E-state index contributed by atoms with van der Waals surface area (Å²) in [7, 11) is 3.74. The fourth-order valence-electron chi connectivity index (χ4n) is 4.19. The molecule has 0 fully saturated rings. The number of ether oxygens (including phenoxy) is 2. The Hall–Kier alpha value is -3.04. The lowest BCUT2D eigenvalue weighted by atomic mass is 10.0. The van der Waals surface area contributed by atoms with Crippen molar-refractivity contribution >= 4 is 22.6 Å². The van der Waals surface area contributed by atoms with Gasteiger partial charge in [0.25, 0.3) is 0 Å². The summed E-state index contributed by atoms with van der Waals surface area (Å²) >= 11 is 0. The van der Waals surface area contributed by atoms with Gasteiger partial charge in [0.05, 0.1) is 17.8 Å². The zero-order valence-corrected chi connectivity index (χ0v) is 17.6. The van der Waals surface area contributed by atoms with Crippen molar-refractivity contribution in [2.45, 2.75) is 26.1 Å². The van der Waals surface area contributed by atoms with Crippen LogP contribution >= 0.6 is 0 Å². The van der Waals surface area contributed by atoms with Crippen LogP contribution in [0.5, 0.6) is 5.75 Å². The Kier molecular flexibility index (Phi) is 5.65. The summed E-state index contributed by atoms with van der Waals surface area (Å²) in [6, 6.07) is 5.56. The molecule has 0 radical (unpaired) electrons. The molecule has 0 saturated carbocycles. The second kappa shape index (κ2) is 8.37. The maximum atomic E-state index is 12.0. The Morgan fingerprint density at radius 3 is 2.87 bits per heavy atom. The van der Waals surface area contributed by atoms with E-state index in [1.807, 2.05) is 12.1 Å². The number of carbonyl (C=O) groups excluding carboxylic acids is 1. The van der Waals surface area contributed by atoms with Crippen molar-refractivity contribution in [3.05, 3.63) is 41.2 Å². The lowest BCUT2D eigenvalue weighted by Gasteiger charge is -2.42. The van der Waals surface area contributed by atoms with E-state index >= 15 is 0 Å². The summed E-state index contributed by atoms with van der Waals surface area (Å²) in [5.74, 6) is 1.18. The molecule has 4 rings (SSSR count). The molecule has 1 aliphatic rings. The van der Waals surface area contributed by atoms with E-state index in [0.717, 1.165) is 40.9 Å². The minimum Gasteiger partial charge on any atom is -0.491 e. The normalized spacial score (nSPS) is 16.8. The highest BCUT2D eigenvalue weighted by Crippen LogP contribution is 2.43. The summed E-state index contributed by atoms with van der Waals surface area (Å²) in [5, 5.41) is 8.17. The van der Waals surface area contributed by atoms with Gasteiger partial charge in [-0.05, 0) is 32.2 Å². The zero-order valence-electron chi connectivity index (χ0n) is 17.6. The number of anilines is 1. The first-order valence-electron chi connectivity index (χ1n) is 10.1. The standard InChI is InChI=1S/C21H28N6O3/c1-4-27-20-15(12-26(2)21(27)16-6-7-23-25-16)14-10-13(19(22)28)11-17(18(14)24-20)30-9-5-8-29-3/h6-7,10-11,21,24H,4-5,8-9,12H2,1-3H3,(H2,22,28)(H,23,25). The van der Waals surface area contributed by atoms with E-state index in [4.69, 9.17) is 15.2 Å². The number of nitrogens with one attached hydrogen (secondary N) is 2. The van der Waals surface area contributed by atoms with Gasteiger partial charge in [-0.3, -0.25) is 14.8 Å². The number of H-pyrrole nitrogens is 2. The third kappa shape index (κ3) is 3.50. The number of hydrogen-bond donors (Lipinski definition) is 3. The zero-order chi connectivity index (χ0) is 21.3. The Bertz CT molecular complexity index is 1030. The van der Waals surface area contributed by atoms with Crippen LogP contribution in [0, 0.1) is 0 Å². The number of nitrogens with two attached hydrogens (primary N) is 1. The van der Waals surface area contributed by atoms with Gasteiger partial charge in [0.15, 0.2) is 0 Å². The molecule has 1 atom stereocenters. The first-order valence-corrected chi connectivity index (χ1v) is 10.1. The molecule has 0 bridgehead atoms. The highest BCUT2D eigenvalue weighted by molar-refractivity contribution is 6.02. The van der Waals surface area contributed by atoms with Crippen LogP contribution in [-0.4, -0.2) is 59.9 Å². The van der Waals surface area contributed by atoms with Crippen molar-refractivity contribution in [1.29, 1.82) is 0 Å². The first kappa shape index (κ1) is 20.2. The van der Waals surface area contributed by atoms with Crippen LogP contribution in [0.2, 0.25) is 0 Å². The highest BCUT2D eigenvalue weighted by Gasteiger charge is 2.34. The molecule has 3 heterocycles. The van der Waals surface area contributed by atoms with Gasteiger partial charge < -0.3 is 25.1 Å². The van der Waals surface area contributed by atoms with E-state index in [1.165, 1.54) is 0 Å². The number of nitrogens with zero attached hydrogens (tertiary/aromatic N) is 3. The van der Waals surface area contributed by atoms with Crippen LogP contribution in [0.15, 0.2) is 24.4 Å². The van der Waals surface area contributed by atoms with E-state index in [2.05, 4.69) is 39.0 Å². The molecule has 9 nitrogen and oxygen atoms in total. The Morgan fingerprint density at radius 2 is 2.20 bits per heavy atom. The molecule has 1 aliphatic heterocycles. The van der Waals surface area contributed by atoms with Gasteiger partial charge in [-0.15, -0.1) is 0 Å². The maximum absolute atomic E-state index is 12.0. The van der Waals surface area contributed by atoms with E-state index in [0.29, 0.717) is 31.1 Å². The molecular weight excluding hydrogens is 384 g/mol. The van der Waals surface area contributed by atoms with Crippen LogP contribution in [-0.2, 0) is 11.3 Å². The number of amides is 1. The third-order valence-corrected chi connectivity index (χ3v) is 5.54. The summed E-state index contributed by atoms with van der Waals surface area (Å²) < 4.78 is 11.1. The number of methoxy groups -OCH3 is 1. The topological polar surface area (TPSA) is 112 Å². The molecular formula is C21H28N6O3. The van der Waals surface area contributed by atoms with Gasteiger partial charge in [0.1, 0.15) is 17.7 Å². The fourth-order valence-corrected chi connectivity index (χ4v) is 4.19. The second-order valence-electron chi connectivity index (χ2n) is 7.49. The molecule has 4 N–H and O–H groups in total. The van der Waals surface area contributed by atoms with Crippen molar-refractivity contribution in [3.8, 4) is 5.75 Å². The van der Waals surface area contributed by atoms with Crippen molar-refractivity contribution in [3.63, 3.8) is 0 Å². The summed E-state index contributed by atoms with van der Waals surface area (Å²) in [4.78, 5) is 20.1. The highest BCUT2D eigenvalue weighted by atomic mass is 16.5. The largest absolute Gasteiger partial charge is 0.491 e. The van der Waals surface area contributed by atoms with Crippen molar-refractivity contribution < 1.29 is 14.3 Å². The van der Waals surface area contributed by atoms with Crippen molar-refractivity contribution in [1.82, 2.24) is 20.1 Å². The number of carbonyl (C=O) groups is 1. The molecule has 9 heteroatoms. The number of benzene rings is 1. The van der Waals surface area contributed by atoms with Crippen molar-refractivity contribution in [2.75, 3.05) is 38.8 Å². The van der Waals surface area contributed by atoms with E-state index in [-0.39, 0.29) is 6.17 Å². The number of aromatic nitrogens is 3. The molecule has 160 valence electrons. The molecule has 0 spiro atoms. The van der Waals surface area contributed by atoms with Gasteiger partial charge in [-0.25, -0.2) is 0 Å². The van der Waals surface area contributed by atoms with Gasteiger partial charge in [0, 0.05) is 55.9 Å². The summed E-state index contributed by atoms with van der Waals surface area (Å²) in [6.45, 7) is 4.72. The SMILES string of the molecule is CCN1c2[nH]c3c(OCCCOC)cc(C(N)=O)cc3c2CN(C)C1c1ccn[nH]1. The molecule has 1 aromatic carbocycles. The molecule has 30 heavy (non-hydrogen) atoms. The lowest BCUT2D eigenvalue weighted by Crippen LogP contribution is -2.43. The predicted molar refractivity (Wildman–Crippen MR) is 115 cm³/mol. The minimum atomic E-state index is -0.472. The van der Waals surface area contributed by atoms with Crippen molar-refractivity contribution in [2.24, 2.45) is 5.73 Å². The average Bonchev–Trinajstić information content (AvgIpc) is 3.38. The monoisotopic (exact) mass is 412 g/mol. The Balaban J connectivity index is 1.81. The number of hydrogen-bond acceptors (Lipinski definition) is 6. The average molecular weight is 412 g/mol. The molecule has 3 aromatic rings. The van der Waals surface area contributed by atoms with E-state index < -0.39 is 5.91 Å². The first-order chi connectivity index (χ1) is 14.5. The fraction of sp³-hybridized carbons (Fsp3) is 0.429. The van der Waals surface area contributed by atoms with Crippen LogP contribution in [0.25, 0.3) is 10.9 Å². The van der Waals surface area contributed by atoms with E-state index in [1.54, 1.807) is 19.4 Å². The summed E-state index contributed by atoms with van der Waals surface area (Å²) in [6.07, 6.45) is 2.55. The number of aromatic amines is 2. The van der Waals surface area contributed by atoms with E-state index in [9.17, 15) is 4.79 Å². The third-order valence-electron chi connectivity index (χ3n) is 5.54. The van der Waals surface area contributed by atoms with Gasteiger partial charge in [-0.1, -0.05) is 0 Å². The van der Waals surface area contributed by atoms with Crippen LogP contribution in [0.3, 0.4) is 0 Å². The van der Waals surface area contributed by atoms with Crippen LogP contribution in [0.1, 0.15) is 41.1 Å². The number of primary amides is 1. The van der Waals surface area contributed by atoms with Crippen LogP contribution < -0.4 is 15.4 Å². The quantitative estimate of drug-likeness (QED) is 0.490.